The van der Waals surface area contributed by atoms with Gasteiger partial charge >= 0.3 is 0 Å². The Hall–Kier alpha value is -2.18. The molecule has 0 radical (unpaired) electrons. The normalized spacial score (nSPS) is 22.7. The van der Waals surface area contributed by atoms with E-state index in [0.29, 0.717) is 6.54 Å². The van der Waals surface area contributed by atoms with Gasteiger partial charge in [0, 0.05) is 30.1 Å². The van der Waals surface area contributed by atoms with Crippen LogP contribution in [-0.4, -0.2) is 47.1 Å². The van der Waals surface area contributed by atoms with Gasteiger partial charge in [-0.1, -0.05) is 29.3 Å². The molecule has 1 aromatic carbocycles. The number of aliphatic hydroxyl groups is 1. The van der Waals surface area contributed by atoms with Gasteiger partial charge in [-0.05, 0) is 37.1 Å². The molecule has 2 atom stereocenters. The van der Waals surface area contributed by atoms with Crippen molar-refractivity contribution < 1.29 is 19.1 Å². The van der Waals surface area contributed by atoms with Crippen molar-refractivity contribution in [2.75, 3.05) is 13.1 Å². The van der Waals surface area contributed by atoms with Gasteiger partial charge < -0.3 is 15.3 Å². The lowest BCUT2D eigenvalue weighted by Gasteiger charge is -2.24. The minimum atomic E-state index is -0.779. The number of benzene rings is 1. The SMILES string of the molecule is O=C(NCC1=CC=C(Cl)CC1)[C@@H]1C[C@@H](O)CN1C(=O)c1cccc(F)c1. The Morgan fingerprint density at radius 3 is 2.81 bits per heavy atom. The Bertz CT molecular complexity index is 778. The minimum Gasteiger partial charge on any atom is -0.391 e. The molecule has 1 aliphatic heterocycles. The van der Waals surface area contributed by atoms with Gasteiger partial charge in [0.2, 0.25) is 5.91 Å². The second-order valence-electron chi connectivity index (χ2n) is 6.53. The molecule has 0 aromatic heterocycles. The highest BCUT2D eigenvalue weighted by atomic mass is 35.5. The number of halogens is 2. The first kappa shape index (κ1) is 18.6. The summed E-state index contributed by atoms with van der Waals surface area (Å²) >= 11 is 5.92. The van der Waals surface area contributed by atoms with Crippen LogP contribution in [0, 0.1) is 5.82 Å². The minimum absolute atomic E-state index is 0.0501. The highest BCUT2D eigenvalue weighted by molar-refractivity contribution is 6.29. The summed E-state index contributed by atoms with van der Waals surface area (Å²) < 4.78 is 13.4. The molecule has 2 amide bonds. The van der Waals surface area contributed by atoms with Crippen LogP contribution in [0.1, 0.15) is 29.6 Å². The average molecular weight is 379 g/mol. The summed E-state index contributed by atoms with van der Waals surface area (Å²) in [4.78, 5) is 26.5. The third kappa shape index (κ3) is 4.31. The lowest BCUT2D eigenvalue weighted by molar-refractivity contribution is -0.124. The summed E-state index contributed by atoms with van der Waals surface area (Å²) in [5.74, 6) is -1.31. The molecular weight excluding hydrogens is 359 g/mol. The van der Waals surface area contributed by atoms with E-state index in [1.165, 1.54) is 23.1 Å². The Labute approximate surface area is 156 Å². The maximum absolute atomic E-state index is 13.4. The van der Waals surface area contributed by atoms with E-state index in [-0.39, 0.29) is 24.4 Å². The molecule has 0 saturated carbocycles. The zero-order valence-corrected chi connectivity index (χ0v) is 14.9. The van der Waals surface area contributed by atoms with Gasteiger partial charge in [0.15, 0.2) is 0 Å². The summed E-state index contributed by atoms with van der Waals surface area (Å²) in [5, 5.41) is 13.5. The van der Waals surface area contributed by atoms with Crippen LogP contribution in [0.2, 0.25) is 0 Å². The number of rotatable bonds is 4. The molecule has 2 aliphatic rings. The number of hydrogen-bond acceptors (Lipinski definition) is 3. The Balaban J connectivity index is 1.67. The molecular formula is C19H20ClFN2O3. The molecule has 138 valence electrons. The second kappa shape index (κ2) is 8.01. The summed E-state index contributed by atoms with van der Waals surface area (Å²) in [6.07, 6.45) is 4.60. The van der Waals surface area contributed by atoms with E-state index in [4.69, 9.17) is 11.6 Å². The number of nitrogens with zero attached hydrogens (tertiary/aromatic N) is 1. The predicted molar refractivity (Wildman–Crippen MR) is 96.1 cm³/mol. The van der Waals surface area contributed by atoms with Crippen molar-refractivity contribution in [3.05, 3.63) is 58.4 Å². The van der Waals surface area contributed by atoms with Crippen LogP contribution in [0.3, 0.4) is 0 Å². The van der Waals surface area contributed by atoms with E-state index >= 15 is 0 Å². The predicted octanol–water partition coefficient (Wildman–Crippen LogP) is 2.36. The summed E-state index contributed by atoms with van der Waals surface area (Å²) in [6, 6.07) is 4.54. The fourth-order valence-corrected chi connectivity index (χ4v) is 3.35. The van der Waals surface area contributed by atoms with E-state index in [1.54, 1.807) is 0 Å². The Morgan fingerprint density at radius 1 is 1.31 bits per heavy atom. The largest absolute Gasteiger partial charge is 0.391 e. The Morgan fingerprint density at radius 2 is 2.12 bits per heavy atom. The quantitative estimate of drug-likeness (QED) is 0.845. The van der Waals surface area contributed by atoms with E-state index in [1.807, 2.05) is 12.2 Å². The number of allylic oxidation sites excluding steroid dienone is 3. The van der Waals surface area contributed by atoms with Crippen LogP contribution in [0.15, 0.2) is 47.0 Å². The first-order valence-corrected chi connectivity index (χ1v) is 8.88. The standard InChI is InChI=1S/C19H20ClFN2O3/c20-14-6-4-12(5-7-14)10-22-18(25)17-9-16(24)11-23(17)19(26)13-2-1-3-15(21)8-13/h1-4,6,8,16-17,24H,5,7,9-11H2,(H,22,25)/t16-,17+/m1/s1. The number of amides is 2. The fourth-order valence-electron chi connectivity index (χ4n) is 3.19. The fraction of sp³-hybridized carbons (Fsp3) is 0.368. The molecule has 0 spiro atoms. The van der Waals surface area contributed by atoms with Crippen molar-refractivity contribution in [3.8, 4) is 0 Å². The maximum Gasteiger partial charge on any atom is 0.254 e. The summed E-state index contributed by atoms with van der Waals surface area (Å²) in [6.45, 7) is 0.419. The van der Waals surface area contributed by atoms with Crippen LogP contribution in [0.5, 0.6) is 0 Å². The highest BCUT2D eigenvalue weighted by Gasteiger charge is 2.39. The van der Waals surface area contributed by atoms with Crippen LogP contribution in [0.4, 0.5) is 4.39 Å². The van der Waals surface area contributed by atoms with Gasteiger partial charge in [-0.15, -0.1) is 0 Å². The van der Waals surface area contributed by atoms with Gasteiger partial charge in [-0.2, -0.15) is 0 Å². The summed E-state index contributed by atoms with van der Waals surface area (Å²) in [5.41, 5.74) is 1.20. The molecule has 0 bridgehead atoms. The Kier molecular flexibility index (Phi) is 5.74. The van der Waals surface area contributed by atoms with Crippen LogP contribution in [0.25, 0.3) is 0 Å². The maximum atomic E-state index is 13.4. The highest BCUT2D eigenvalue weighted by Crippen LogP contribution is 2.23. The van der Waals surface area contributed by atoms with E-state index in [9.17, 15) is 19.1 Å². The van der Waals surface area contributed by atoms with Crippen LogP contribution < -0.4 is 5.32 Å². The van der Waals surface area contributed by atoms with Crippen molar-refractivity contribution in [2.24, 2.45) is 0 Å². The third-order valence-electron chi connectivity index (χ3n) is 4.59. The number of β-amino-alcohol motifs (C(OH)–C–C–N with tert-alkyl or cyclic N) is 1. The van der Waals surface area contributed by atoms with Crippen molar-refractivity contribution in [1.29, 1.82) is 0 Å². The number of hydrogen-bond donors (Lipinski definition) is 2. The molecule has 1 saturated heterocycles. The van der Waals surface area contributed by atoms with Crippen molar-refractivity contribution in [1.82, 2.24) is 10.2 Å². The second-order valence-corrected chi connectivity index (χ2v) is 7.01. The monoisotopic (exact) mass is 378 g/mol. The average Bonchev–Trinajstić information content (AvgIpc) is 3.02. The third-order valence-corrected chi connectivity index (χ3v) is 4.90. The lowest BCUT2D eigenvalue weighted by atomic mass is 10.0. The molecule has 5 nitrogen and oxygen atoms in total. The molecule has 2 N–H and O–H groups in total. The topological polar surface area (TPSA) is 69.6 Å². The van der Waals surface area contributed by atoms with Crippen molar-refractivity contribution in [3.63, 3.8) is 0 Å². The van der Waals surface area contributed by atoms with Crippen LogP contribution in [-0.2, 0) is 4.79 Å². The molecule has 1 fully saturated rings. The van der Waals surface area contributed by atoms with Crippen molar-refractivity contribution >= 4 is 23.4 Å². The van der Waals surface area contributed by atoms with Gasteiger partial charge in [-0.3, -0.25) is 9.59 Å². The smallest absolute Gasteiger partial charge is 0.254 e. The van der Waals surface area contributed by atoms with Crippen LogP contribution >= 0.6 is 11.6 Å². The number of aliphatic hydroxyl groups excluding tert-OH is 1. The molecule has 0 unspecified atom stereocenters. The van der Waals surface area contributed by atoms with Gasteiger partial charge in [0.25, 0.3) is 5.91 Å². The lowest BCUT2D eigenvalue weighted by Crippen LogP contribution is -2.46. The number of carbonyl (C=O) groups is 2. The van der Waals surface area contributed by atoms with Gasteiger partial charge in [0.05, 0.1) is 6.10 Å². The molecule has 26 heavy (non-hydrogen) atoms. The first-order valence-electron chi connectivity index (χ1n) is 8.50. The van der Waals surface area contributed by atoms with E-state index in [2.05, 4.69) is 5.32 Å². The number of carbonyl (C=O) groups excluding carboxylic acids is 2. The van der Waals surface area contributed by atoms with E-state index < -0.39 is 23.9 Å². The molecule has 3 rings (SSSR count). The first-order chi connectivity index (χ1) is 12.4. The van der Waals surface area contributed by atoms with Gasteiger partial charge in [-0.25, -0.2) is 4.39 Å². The number of nitrogens with one attached hydrogen (secondary N) is 1. The molecule has 7 heteroatoms. The van der Waals surface area contributed by atoms with Gasteiger partial charge in [0.1, 0.15) is 11.9 Å². The molecule has 1 aliphatic carbocycles. The van der Waals surface area contributed by atoms with Crippen molar-refractivity contribution in [2.45, 2.75) is 31.4 Å². The van der Waals surface area contributed by atoms with E-state index in [0.717, 1.165) is 29.5 Å². The zero-order chi connectivity index (χ0) is 18.7. The zero-order valence-electron chi connectivity index (χ0n) is 14.1. The molecule has 1 aromatic rings. The summed E-state index contributed by atoms with van der Waals surface area (Å²) in [7, 11) is 0. The molecule has 1 heterocycles. The number of likely N-dealkylation sites (tertiary alicyclic amines) is 1.